The molecule has 1 nitrogen and oxygen atoms in total. The average Bonchev–Trinajstić information content (AvgIpc) is 2.17. The first-order valence-corrected chi connectivity index (χ1v) is 4.69. The van der Waals surface area contributed by atoms with Gasteiger partial charge in [0, 0.05) is 13.7 Å². The van der Waals surface area contributed by atoms with E-state index in [4.69, 9.17) is 4.74 Å². The number of hydrogen-bond acceptors (Lipinski definition) is 1. The number of ether oxygens (including phenoxy) is 1. The van der Waals surface area contributed by atoms with E-state index >= 15 is 0 Å². The number of hydrogen-bond donors (Lipinski definition) is 0. The zero-order valence-electron chi connectivity index (χ0n) is 8.47. The van der Waals surface area contributed by atoms with Gasteiger partial charge in [-0.15, -0.1) is 0 Å². The van der Waals surface area contributed by atoms with E-state index in [9.17, 15) is 13.2 Å². The number of halogens is 3. The van der Waals surface area contributed by atoms with Crippen LogP contribution in [0.2, 0.25) is 0 Å². The van der Waals surface area contributed by atoms with Crippen molar-refractivity contribution in [3.8, 4) is 0 Å². The summed E-state index contributed by atoms with van der Waals surface area (Å²) in [5.74, 6) is 0. The molecule has 0 N–H and O–H groups in total. The summed E-state index contributed by atoms with van der Waals surface area (Å²) >= 11 is 0. The Bertz CT molecular complexity index is 307. The average molecular weight is 218 g/mol. The highest BCUT2D eigenvalue weighted by atomic mass is 19.4. The molecule has 0 heterocycles. The van der Waals surface area contributed by atoms with Gasteiger partial charge in [0.05, 0.1) is 5.56 Å². The van der Waals surface area contributed by atoms with Crippen molar-refractivity contribution in [2.24, 2.45) is 0 Å². The minimum atomic E-state index is -4.26. The van der Waals surface area contributed by atoms with Gasteiger partial charge in [-0.1, -0.05) is 18.2 Å². The highest BCUT2D eigenvalue weighted by Crippen LogP contribution is 2.32. The van der Waals surface area contributed by atoms with Crippen LogP contribution >= 0.6 is 0 Å². The Balaban J connectivity index is 2.78. The standard InChI is InChI=1S/C11H13F3O/c1-15-8-4-6-9-5-2-3-7-10(9)11(12,13)14/h2-3,5,7H,4,6,8H2,1H3. The SMILES string of the molecule is COCCCc1ccccc1C(F)(F)F. The molecule has 1 aromatic rings. The molecule has 0 bridgehead atoms. The van der Waals surface area contributed by atoms with Gasteiger partial charge in [0.25, 0.3) is 0 Å². The molecule has 0 atom stereocenters. The summed E-state index contributed by atoms with van der Waals surface area (Å²) < 4.78 is 42.4. The molecule has 4 heteroatoms. The van der Waals surface area contributed by atoms with Crippen LogP contribution in [-0.4, -0.2) is 13.7 Å². The largest absolute Gasteiger partial charge is 0.416 e. The molecule has 0 spiro atoms. The summed E-state index contributed by atoms with van der Waals surface area (Å²) in [7, 11) is 1.54. The van der Waals surface area contributed by atoms with Crippen LogP contribution in [0.3, 0.4) is 0 Å². The lowest BCUT2D eigenvalue weighted by Gasteiger charge is -2.12. The molecule has 0 aliphatic rings. The molecule has 15 heavy (non-hydrogen) atoms. The van der Waals surface area contributed by atoms with Gasteiger partial charge in [0.15, 0.2) is 0 Å². The van der Waals surface area contributed by atoms with Gasteiger partial charge < -0.3 is 4.74 Å². The van der Waals surface area contributed by atoms with Crippen LogP contribution in [0, 0.1) is 0 Å². The molecule has 0 saturated heterocycles. The predicted molar refractivity (Wildman–Crippen MR) is 51.6 cm³/mol. The van der Waals surface area contributed by atoms with Crippen LogP contribution in [0.5, 0.6) is 0 Å². The normalized spacial score (nSPS) is 11.7. The van der Waals surface area contributed by atoms with Crippen LogP contribution in [0.4, 0.5) is 13.2 Å². The lowest BCUT2D eigenvalue weighted by molar-refractivity contribution is -0.138. The molecule has 0 aromatic heterocycles. The van der Waals surface area contributed by atoms with Crippen molar-refractivity contribution in [2.75, 3.05) is 13.7 Å². The number of rotatable bonds is 4. The highest BCUT2D eigenvalue weighted by Gasteiger charge is 2.32. The second kappa shape index (κ2) is 5.16. The van der Waals surface area contributed by atoms with E-state index in [0.29, 0.717) is 25.0 Å². The number of methoxy groups -OCH3 is 1. The van der Waals surface area contributed by atoms with E-state index in [0.717, 1.165) is 6.07 Å². The van der Waals surface area contributed by atoms with Crippen molar-refractivity contribution in [1.29, 1.82) is 0 Å². The summed E-state index contributed by atoms with van der Waals surface area (Å²) in [6.45, 7) is 0.478. The molecule has 0 aliphatic heterocycles. The molecule has 0 unspecified atom stereocenters. The number of alkyl halides is 3. The fourth-order valence-electron chi connectivity index (χ4n) is 1.42. The molecule has 0 amide bonds. The first-order valence-electron chi connectivity index (χ1n) is 4.69. The fourth-order valence-corrected chi connectivity index (χ4v) is 1.42. The number of benzene rings is 1. The van der Waals surface area contributed by atoms with Gasteiger partial charge in [-0.3, -0.25) is 0 Å². The summed E-state index contributed by atoms with van der Waals surface area (Å²) in [5.41, 5.74) is -0.205. The summed E-state index contributed by atoms with van der Waals surface area (Å²) in [6.07, 6.45) is -3.27. The molecule has 84 valence electrons. The van der Waals surface area contributed by atoms with Gasteiger partial charge in [-0.2, -0.15) is 13.2 Å². The van der Waals surface area contributed by atoms with Gasteiger partial charge in [0.2, 0.25) is 0 Å². The molecule has 0 radical (unpaired) electrons. The van der Waals surface area contributed by atoms with Crippen LogP contribution in [-0.2, 0) is 17.3 Å². The van der Waals surface area contributed by atoms with Crippen molar-refractivity contribution in [2.45, 2.75) is 19.0 Å². The maximum atomic E-state index is 12.5. The van der Waals surface area contributed by atoms with Crippen molar-refractivity contribution in [3.05, 3.63) is 35.4 Å². The van der Waals surface area contributed by atoms with E-state index in [2.05, 4.69) is 0 Å². The predicted octanol–water partition coefficient (Wildman–Crippen LogP) is 3.28. The van der Waals surface area contributed by atoms with Gasteiger partial charge in [0.1, 0.15) is 0 Å². The summed E-state index contributed by atoms with van der Waals surface area (Å²) in [5, 5.41) is 0. The second-order valence-corrected chi connectivity index (χ2v) is 3.25. The van der Waals surface area contributed by atoms with Crippen LogP contribution in [0.15, 0.2) is 24.3 Å². The summed E-state index contributed by atoms with van der Waals surface area (Å²) in [4.78, 5) is 0. The molecule has 1 rings (SSSR count). The van der Waals surface area contributed by atoms with E-state index in [1.54, 1.807) is 6.07 Å². The topological polar surface area (TPSA) is 9.23 Å². The second-order valence-electron chi connectivity index (χ2n) is 3.25. The van der Waals surface area contributed by atoms with Crippen molar-refractivity contribution in [1.82, 2.24) is 0 Å². The third-order valence-corrected chi connectivity index (χ3v) is 2.12. The summed E-state index contributed by atoms with van der Waals surface area (Å²) in [6, 6.07) is 5.65. The zero-order valence-corrected chi connectivity index (χ0v) is 8.47. The van der Waals surface area contributed by atoms with E-state index in [1.807, 2.05) is 0 Å². The Morgan fingerprint density at radius 1 is 1.20 bits per heavy atom. The minimum absolute atomic E-state index is 0.335. The van der Waals surface area contributed by atoms with E-state index < -0.39 is 11.7 Å². The smallest absolute Gasteiger partial charge is 0.385 e. The van der Waals surface area contributed by atoms with Crippen LogP contribution < -0.4 is 0 Å². The molecule has 1 aromatic carbocycles. The molecule has 0 fully saturated rings. The number of aryl methyl sites for hydroxylation is 1. The minimum Gasteiger partial charge on any atom is -0.385 e. The van der Waals surface area contributed by atoms with Crippen LogP contribution in [0.25, 0.3) is 0 Å². The molecule has 0 saturated carbocycles. The van der Waals surface area contributed by atoms with Crippen molar-refractivity contribution >= 4 is 0 Å². The lowest BCUT2D eigenvalue weighted by atomic mass is 10.0. The maximum absolute atomic E-state index is 12.5. The quantitative estimate of drug-likeness (QED) is 0.704. The fraction of sp³-hybridized carbons (Fsp3) is 0.455. The Hall–Kier alpha value is -1.03. The third kappa shape index (κ3) is 3.55. The highest BCUT2D eigenvalue weighted by molar-refractivity contribution is 5.29. The Morgan fingerprint density at radius 2 is 1.87 bits per heavy atom. The van der Waals surface area contributed by atoms with Gasteiger partial charge in [-0.25, -0.2) is 0 Å². The first kappa shape index (κ1) is 12.0. The van der Waals surface area contributed by atoms with Crippen molar-refractivity contribution < 1.29 is 17.9 Å². The zero-order chi connectivity index (χ0) is 11.3. The van der Waals surface area contributed by atoms with Gasteiger partial charge in [-0.05, 0) is 24.5 Å². The maximum Gasteiger partial charge on any atom is 0.416 e. The molecular weight excluding hydrogens is 205 g/mol. The van der Waals surface area contributed by atoms with Gasteiger partial charge >= 0.3 is 6.18 Å². The monoisotopic (exact) mass is 218 g/mol. The van der Waals surface area contributed by atoms with Crippen LogP contribution in [0.1, 0.15) is 17.5 Å². The first-order chi connectivity index (χ1) is 7.05. The van der Waals surface area contributed by atoms with E-state index in [1.165, 1.54) is 19.2 Å². The molecule has 0 aliphatic carbocycles. The Kier molecular flexibility index (Phi) is 4.15. The van der Waals surface area contributed by atoms with E-state index in [-0.39, 0.29) is 0 Å². The third-order valence-electron chi connectivity index (χ3n) is 2.12. The molecular formula is C11H13F3O. The Morgan fingerprint density at radius 3 is 2.47 bits per heavy atom. The Labute approximate surface area is 86.9 Å². The van der Waals surface area contributed by atoms with Crippen molar-refractivity contribution in [3.63, 3.8) is 0 Å². The lowest BCUT2D eigenvalue weighted by Crippen LogP contribution is -2.09.